The van der Waals surface area contributed by atoms with Gasteiger partial charge >= 0.3 is 0 Å². The lowest BCUT2D eigenvalue weighted by atomic mass is 10.1. The van der Waals surface area contributed by atoms with E-state index in [1.165, 1.54) is 11.1 Å². The van der Waals surface area contributed by atoms with Crippen molar-refractivity contribution < 1.29 is 4.74 Å². The van der Waals surface area contributed by atoms with Crippen molar-refractivity contribution in [3.63, 3.8) is 0 Å². The van der Waals surface area contributed by atoms with Crippen LogP contribution in [0.4, 0.5) is 5.95 Å². The summed E-state index contributed by atoms with van der Waals surface area (Å²) in [5.41, 5.74) is 2.48. The molecule has 19 heavy (non-hydrogen) atoms. The molecule has 1 aromatic carbocycles. The van der Waals surface area contributed by atoms with E-state index in [1.807, 2.05) is 11.6 Å². The molecule has 1 aromatic heterocycles. The van der Waals surface area contributed by atoms with Crippen molar-refractivity contribution in [2.45, 2.75) is 33.4 Å². The number of hydrogen-bond acceptors (Lipinski definition) is 4. The molecule has 5 nitrogen and oxygen atoms in total. The number of benzene rings is 1. The zero-order valence-electron chi connectivity index (χ0n) is 11.3. The van der Waals surface area contributed by atoms with E-state index < -0.39 is 0 Å². The molecule has 0 saturated carbocycles. The molecule has 0 amide bonds. The summed E-state index contributed by atoms with van der Waals surface area (Å²) >= 11 is 0. The smallest absolute Gasteiger partial charge is 0.221 e. The van der Waals surface area contributed by atoms with Crippen LogP contribution in [0.2, 0.25) is 0 Å². The van der Waals surface area contributed by atoms with Crippen molar-refractivity contribution in [3.05, 3.63) is 35.2 Å². The number of aryl methyl sites for hydroxylation is 2. The first-order valence-corrected chi connectivity index (χ1v) is 6.67. The highest BCUT2D eigenvalue weighted by Gasteiger charge is 2.16. The second-order valence-electron chi connectivity index (χ2n) is 4.66. The maximum atomic E-state index is 5.70. The summed E-state index contributed by atoms with van der Waals surface area (Å²) < 4.78 is 7.57. The largest absolute Gasteiger partial charge is 0.493 e. The van der Waals surface area contributed by atoms with Crippen LogP contribution in [0.3, 0.4) is 0 Å². The monoisotopic (exact) mass is 258 g/mol. The van der Waals surface area contributed by atoms with Gasteiger partial charge in [-0.2, -0.15) is 10.1 Å². The Labute approximate surface area is 112 Å². The molecule has 0 spiro atoms. The van der Waals surface area contributed by atoms with Crippen LogP contribution in [0, 0.1) is 6.92 Å². The Morgan fingerprint density at radius 2 is 2.32 bits per heavy atom. The minimum atomic E-state index is 0.710. The number of nitrogens with zero attached hydrogens (tertiary/aromatic N) is 3. The molecule has 0 radical (unpaired) electrons. The van der Waals surface area contributed by atoms with Crippen LogP contribution < -0.4 is 10.1 Å². The van der Waals surface area contributed by atoms with Gasteiger partial charge < -0.3 is 10.1 Å². The Hall–Kier alpha value is -2.04. The number of hydrogen-bond donors (Lipinski definition) is 1. The zero-order valence-corrected chi connectivity index (χ0v) is 11.3. The fourth-order valence-electron chi connectivity index (χ4n) is 2.40. The van der Waals surface area contributed by atoms with E-state index in [2.05, 4.69) is 40.5 Å². The Morgan fingerprint density at radius 3 is 3.16 bits per heavy atom. The second kappa shape index (κ2) is 4.91. The SMILES string of the molecule is CCn1nc(C)nc1NCc1cccc2c1OCC2. The van der Waals surface area contributed by atoms with Crippen molar-refractivity contribution in [3.8, 4) is 5.75 Å². The summed E-state index contributed by atoms with van der Waals surface area (Å²) in [6.45, 7) is 6.27. The number of anilines is 1. The molecule has 3 rings (SSSR count). The number of rotatable bonds is 4. The standard InChI is InChI=1S/C14H18N4O/c1-3-18-14(16-10(2)17-18)15-9-12-6-4-5-11-7-8-19-13(11)12/h4-6H,3,7-9H2,1-2H3,(H,15,16,17). The van der Waals surface area contributed by atoms with E-state index in [0.717, 1.165) is 37.1 Å². The number of nitrogens with one attached hydrogen (secondary N) is 1. The number of para-hydroxylation sites is 1. The summed E-state index contributed by atoms with van der Waals surface area (Å²) in [4.78, 5) is 4.39. The van der Waals surface area contributed by atoms with Gasteiger partial charge in [0.2, 0.25) is 5.95 Å². The maximum Gasteiger partial charge on any atom is 0.221 e. The number of fused-ring (bicyclic) bond motifs is 1. The van der Waals surface area contributed by atoms with Gasteiger partial charge in [-0.1, -0.05) is 18.2 Å². The van der Waals surface area contributed by atoms with Crippen LogP contribution in [0.1, 0.15) is 23.9 Å². The van der Waals surface area contributed by atoms with Crippen LogP contribution in [-0.4, -0.2) is 21.4 Å². The van der Waals surface area contributed by atoms with Gasteiger partial charge in [0.05, 0.1) is 6.61 Å². The van der Waals surface area contributed by atoms with E-state index in [-0.39, 0.29) is 0 Å². The third-order valence-corrected chi connectivity index (χ3v) is 3.31. The Balaban J connectivity index is 1.78. The molecule has 2 aromatic rings. The van der Waals surface area contributed by atoms with Crippen LogP contribution in [0.5, 0.6) is 5.75 Å². The summed E-state index contributed by atoms with van der Waals surface area (Å²) in [7, 11) is 0. The second-order valence-corrected chi connectivity index (χ2v) is 4.66. The Morgan fingerprint density at radius 1 is 1.42 bits per heavy atom. The molecule has 100 valence electrons. The first-order chi connectivity index (χ1) is 9.28. The van der Waals surface area contributed by atoms with Gasteiger partial charge in [-0.3, -0.25) is 0 Å². The van der Waals surface area contributed by atoms with Crippen LogP contribution >= 0.6 is 0 Å². The predicted molar refractivity (Wildman–Crippen MR) is 73.4 cm³/mol. The molecule has 0 bridgehead atoms. The highest BCUT2D eigenvalue weighted by molar-refractivity contribution is 5.45. The molecule has 0 unspecified atom stereocenters. The van der Waals surface area contributed by atoms with Crippen LogP contribution in [0.25, 0.3) is 0 Å². The minimum Gasteiger partial charge on any atom is -0.493 e. The first kappa shape index (κ1) is 12.0. The molecular formula is C14H18N4O. The van der Waals surface area contributed by atoms with Crippen molar-refractivity contribution in [2.24, 2.45) is 0 Å². The quantitative estimate of drug-likeness (QED) is 0.913. The van der Waals surface area contributed by atoms with Crippen molar-refractivity contribution in [2.75, 3.05) is 11.9 Å². The summed E-state index contributed by atoms with van der Waals surface area (Å²) in [5.74, 6) is 2.64. The van der Waals surface area contributed by atoms with Crippen molar-refractivity contribution in [1.82, 2.24) is 14.8 Å². The van der Waals surface area contributed by atoms with Gasteiger partial charge in [0.15, 0.2) is 0 Å². The van der Waals surface area contributed by atoms with Crippen molar-refractivity contribution in [1.29, 1.82) is 0 Å². The minimum absolute atomic E-state index is 0.710. The number of ether oxygens (including phenoxy) is 1. The molecule has 1 aliphatic rings. The summed E-state index contributed by atoms with van der Waals surface area (Å²) in [6, 6.07) is 6.31. The van der Waals surface area contributed by atoms with Crippen LogP contribution in [0.15, 0.2) is 18.2 Å². The third-order valence-electron chi connectivity index (χ3n) is 3.31. The van der Waals surface area contributed by atoms with Gasteiger partial charge in [0.25, 0.3) is 0 Å². The molecule has 0 atom stereocenters. The van der Waals surface area contributed by atoms with Gasteiger partial charge in [0.1, 0.15) is 11.6 Å². The number of aromatic nitrogens is 3. The van der Waals surface area contributed by atoms with Gasteiger partial charge in [-0.15, -0.1) is 0 Å². The van der Waals surface area contributed by atoms with E-state index >= 15 is 0 Å². The van der Waals surface area contributed by atoms with Crippen LogP contribution in [-0.2, 0) is 19.5 Å². The third kappa shape index (κ3) is 2.28. The molecule has 0 saturated heterocycles. The Kier molecular flexibility index (Phi) is 3.11. The van der Waals surface area contributed by atoms with E-state index in [9.17, 15) is 0 Å². The predicted octanol–water partition coefficient (Wildman–Crippen LogP) is 2.15. The van der Waals surface area contributed by atoms with Crippen molar-refractivity contribution >= 4 is 5.95 Å². The summed E-state index contributed by atoms with van der Waals surface area (Å²) in [6.07, 6.45) is 1.01. The topological polar surface area (TPSA) is 52.0 Å². The van der Waals surface area contributed by atoms with Gasteiger partial charge in [0, 0.05) is 25.1 Å². The van der Waals surface area contributed by atoms with E-state index in [1.54, 1.807) is 0 Å². The fraction of sp³-hybridized carbons (Fsp3) is 0.429. The normalized spacial score (nSPS) is 13.2. The van der Waals surface area contributed by atoms with Gasteiger partial charge in [-0.25, -0.2) is 4.68 Å². The van der Waals surface area contributed by atoms with E-state index in [0.29, 0.717) is 6.54 Å². The molecule has 2 heterocycles. The molecule has 0 fully saturated rings. The molecule has 1 aliphatic heterocycles. The van der Waals surface area contributed by atoms with E-state index in [4.69, 9.17) is 4.74 Å². The average molecular weight is 258 g/mol. The molecule has 1 N–H and O–H groups in total. The lowest BCUT2D eigenvalue weighted by Crippen LogP contribution is -2.08. The Bertz CT molecular complexity index is 591. The lowest BCUT2D eigenvalue weighted by molar-refractivity contribution is 0.354. The highest BCUT2D eigenvalue weighted by atomic mass is 16.5. The van der Waals surface area contributed by atoms with Gasteiger partial charge in [-0.05, 0) is 19.4 Å². The highest BCUT2D eigenvalue weighted by Crippen LogP contribution is 2.29. The zero-order chi connectivity index (χ0) is 13.2. The molecule has 5 heteroatoms. The fourth-order valence-corrected chi connectivity index (χ4v) is 2.40. The molecule has 0 aliphatic carbocycles. The average Bonchev–Trinajstić information content (AvgIpc) is 3.02. The molecular weight excluding hydrogens is 240 g/mol. The summed E-state index contributed by atoms with van der Waals surface area (Å²) in [5, 5.41) is 7.67. The maximum absolute atomic E-state index is 5.70. The lowest BCUT2D eigenvalue weighted by Gasteiger charge is -2.10. The first-order valence-electron chi connectivity index (χ1n) is 6.67.